The second-order valence-electron chi connectivity index (χ2n) is 5.40. The van der Waals surface area contributed by atoms with Gasteiger partial charge in [0.15, 0.2) is 5.03 Å². The summed E-state index contributed by atoms with van der Waals surface area (Å²) in [6.07, 6.45) is 5.03. The fraction of sp³-hybridized carbons (Fsp3) is 0.538. The average molecular weight is 311 g/mol. The first-order chi connectivity index (χ1) is 9.71. The van der Waals surface area contributed by atoms with E-state index in [0.29, 0.717) is 5.82 Å². The smallest absolute Gasteiger partial charge is 0.262 e. The Morgan fingerprint density at radius 3 is 2.38 bits per heavy atom. The maximum atomic E-state index is 12.8. The summed E-state index contributed by atoms with van der Waals surface area (Å²) in [5.74, 6) is 0.665. The summed E-state index contributed by atoms with van der Waals surface area (Å²) in [7, 11) is -0.0413. The van der Waals surface area contributed by atoms with Crippen LogP contribution in [0, 0.1) is 6.92 Å². The maximum Gasteiger partial charge on any atom is 0.262 e. The minimum Gasteiger partial charge on any atom is -0.337 e. The van der Waals surface area contributed by atoms with Crippen LogP contribution in [0.15, 0.2) is 23.6 Å². The van der Waals surface area contributed by atoms with Crippen molar-refractivity contribution in [1.82, 2.24) is 23.6 Å². The molecular weight excluding hydrogens is 290 g/mol. The largest absolute Gasteiger partial charge is 0.337 e. The van der Waals surface area contributed by atoms with Crippen LogP contribution in [0.4, 0.5) is 0 Å². The van der Waals surface area contributed by atoms with Crippen molar-refractivity contribution in [2.24, 2.45) is 14.1 Å². The van der Waals surface area contributed by atoms with Crippen molar-refractivity contribution >= 4 is 10.0 Å². The number of hydrogen-bond donors (Lipinski definition) is 0. The van der Waals surface area contributed by atoms with Gasteiger partial charge in [-0.3, -0.25) is 4.68 Å². The van der Waals surface area contributed by atoms with Crippen LogP contribution in [0.2, 0.25) is 0 Å². The van der Waals surface area contributed by atoms with Crippen molar-refractivity contribution in [3.63, 3.8) is 0 Å². The number of sulfonamides is 1. The van der Waals surface area contributed by atoms with Gasteiger partial charge in [-0.15, -0.1) is 0 Å². The molecule has 0 aliphatic carbocycles. The fourth-order valence-corrected chi connectivity index (χ4v) is 3.70. The van der Waals surface area contributed by atoms with Gasteiger partial charge in [-0.25, -0.2) is 13.4 Å². The highest BCUT2D eigenvalue weighted by atomic mass is 32.2. The highest BCUT2D eigenvalue weighted by Gasteiger charge is 2.30. The Balaban J connectivity index is 2.36. The van der Waals surface area contributed by atoms with E-state index in [1.807, 2.05) is 20.0 Å². The quantitative estimate of drug-likeness (QED) is 0.827. The second-order valence-corrected chi connectivity index (χ2v) is 7.24. The van der Waals surface area contributed by atoms with Crippen LogP contribution < -0.4 is 0 Å². The standard InChI is InChI=1S/C13H21N5O2S/c1-10(2)18(8-12-6-14-17(5)7-12)21(19,20)13-9-16(4)11(3)15-13/h6-7,9-10H,8H2,1-5H3. The van der Waals surface area contributed by atoms with Crippen LogP contribution in [0.3, 0.4) is 0 Å². The molecule has 0 spiro atoms. The van der Waals surface area contributed by atoms with Gasteiger partial charge in [0.05, 0.1) is 6.20 Å². The molecule has 0 radical (unpaired) electrons. The van der Waals surface area contributed by atoms with Gasteiger partial charge in [-0.2, -0.15) is 9.40 Å². The molecule has 0 atom stereocenters. The Hall–Kier alpha value is -1.67. The average Bonchev–Trinajstić information content (AvgIpc) is 2.93. The van der Waals surface area contributed by atoms with Crippen LogP contribution in [0.25, 0.3) is 0 Å². The lowest BCUT2D eigenvalue weighted by Gasteiger charge is -2.24. The third-order valence-corrected chi connectivity index (χ3v) is 5.23. The van der Waals surface area contributed by atoms with E-state index in [9.17, 15) is 8.42 Å². The molecule has 0 aromatic carbocycles. The molecule has 2 heterocycles. The van der Waals surface area contributed by atoms with E-state index in [4.69, 9.17) is 0 Å². The van der Waals surface area contributed by atoms with Crippen molar-refractivity contribution in [1.29, 1.82) is 0 Å². The Labute approximate surface area is 125 Å². The van der Waals surface area contributed by atoms with Crippen LogP contribution >= 0.6 is 0 Å². The Morgan fingerprint density at radius 1 is 1.29 bits per heavy atom. The van der Waals surface area contributed by atoms with Crippen molar-refractivity contribution in [3.8, 4) is 0 Å². The second kappa shape index (κ2) is 5.61. The van der Waals surface area contributed by atoms with Crippen molar-refractivity contribution in [2.75, 3.05) is 0 Å². The Morgan fingerprint density at radius 2 is 1.95 bits per heavy atom. The molecule has 116 valence electrons. The molecule has 2 rings (SSSR count). The molecule has 8 heteroatoms. The van der Waals surface area contributed by atoms with E-state index in [1.165, 1.54) is 4.31 Å². The predicted molar refractivity (Wildman–Crippen MR) is 79.0 cm³/mol. The van der Waals surface area contributed by atoms with E-state index >= 15 is 0 Å². The van der Waals surface area contributed by atoms with Gasteiger partial charge in [0.2, 0.25) is 0 Å². The van der Waals surface area contributed by atoms with Crippen molar-refractivity contribution in [3.05, 3.63) is 30.0 Å². The van der Waals surface area contributed by atoms with E-state index in [0.717, 1.165) is 5.56 Å². The van der Waals surface area contributed by atoms with Gasteiger partial charge in [0.25, 0.3) is 10.0 Å². The van der Waals surface area contributed by atoms with E-state index < -0.39 is 10.0 Å². The highest BCUT2D eigenvalue weighted by molar-refractivity contribution is 7.89. The number of imidazole rings is 1. The minimum atomic E-state index is -3.63. The molecule has 7 nitrogen and oxygen atoms in total. The first-order valence-electron chi connectivity index (χ1n) is 6.71. The molecule has 2 aromatic rings. The maximum absolute atomic E-state index is 12.8. The Bertz CT molecular complexity index is 710. The SMILES string of the molecule is Cc1nc(S(=O)(=O)N(Cc2cnn(C)c2)C(C)C)cn1C. The fourth-order valence-electron chi connectivity index (χ4n) is 2.05. The monoisotopic (exact) mass is 311 g/mol. The first kappa shape index (κ1) is 15.7. The molecule has 0 aliphatic heterocycles. The van der Waals surface area contributed by atoms with E-state index in [-0.39, 0.29) is 17.6 Å². The van der Waals surface area contributed by atoms with E-state index in [2.05, 4.69) is 10.1 Å². The Kier molecular flexibility index (Phi) is 4.20. The predicted octanol–water partition coefficient (Wildman–Crippen LogP) is 1.06. The zero-order chi connectivity index (χ0) is 15.8. The minimum absolute atomic E-state index is 0.0834. The number of aryl methyl sites for hydroxylation is 3. The zero-order valence-electron chi connectivity index (χ0n) is 13.0. The molecule has 0 aliphatic rings. The molecule has 0 saturated carbocycles. The first-order valence-corrected chi connectivity index (χ1v) is 8.15. The number of rotatable bonds is 5. The summed E-state index contributed by atoms with van der Waals surface area (Å²) in [6, 6.07) is -0.169. The highest BCUT2D eigenvalue weighted by Crippen LogP contribution is 2.20. The number of hydrogen-bond acceptors (Lipinski definition) is 4. The van der Waals surface area contributed by atoms with Crippen molar-refractivity contribution in [2.45, 2.75) is 38.4 Å². The lowest BCUT2D eigenvalue weighted by atomic mass is 10.3. The van der Waals surface area contributed by atoms with E-state index in [1.54, 1.807) is 42.7 Å². The topological polar surface area (TPSA) is 73.0 Å². The summed E-state index contributed by atoms with van der Waals surface area (Å²) in [5.41, 5.74) is 0.849. The lowest BCUT2D eigenvalue weighted by molar-refractivity contribution is 0.346. The van der Waals surface area contributed by atoms with Gasteiger partial charge in [-0.1, -0.05) is 0 Å². The number of nitrogens with zero attached hydrogens (tertiary/aromatic N) is 5. The lowest BCUT2D eigenvalue weighted by Crippen LogP contribution is -2.36. The molecule has 2 aromatic heterocycles. The zero-order valence-corrected chi connectivity index (χ0v) is 13.8. The third-order valence-electron chi connectivity index (χ3n) is 3.33. The molecule has 0 bridgehead atoms. The van der Waals surface area contributed by atoms with Gasteiger partial charge >= 0.3 is 0 Å². The molecule has 0 N–H and O–H groups in total. The summed E-state index contributed by atoms with van der Waals surface area (Å²) < 4.78 is 30.3. The van der Waals surface area contributed by atoms with Crippen LogP contribution in [0.1, 0.15) is 25.2 Å². The summed E-state index contributed by atoms with van der Waals surface area (Å²) in [4.78, 5) is 4.14. The summed E-state index contributed by atoms with van der Waals surface area (Å²) in [5, 5.41) is 4.16. The third kappa shape index (κ3) is 3.16. The van der Waals surface area contributed by atoms with Gasteiger partial charge in [0.1, 0.15) is 5.82 Å². The van der Waals surface area contributed by atoms with Crippen LogP contribution in [-0.2, 0) is 30.7 Å². The van der Waals surface area contributed by atoms with Crippen LogP contribution in [0.5, 0.6) is 0 Å². The number of aromatic nitrogens is 4. The molecule has 0 fully saturated rings. The molecule has 0 amide bonds. The normalized spacial score (nSPS) is 12.5. The summed E-state index contributed by atoms with van der Waals surface area (Å²) in [6.45, 7) is 5.76. The van der Waals surface area contributed by atoms with Gasteiger partial charge in [-0.05, 0) is 20.8 Å². The molecular formula is C13H21N5O2S. The molecule has 0 unspecified atom stereocenters. The molecule has 21 heavy (non-hydrogen) atoms. The summed E-state index contributed by atoms with van der Waals surface area (Å²) >= 11 is 0. The van der Waals surface area contributed by atoms with Gasteiger partial charge in [0, 0.05) is 44.6 Å². The molecule has 0 saturated heterocycles. The van der Waals surface area contributed by atoms with Gasteiger partial charge < -0.3 is 4.57 Å². The van der Waals surface area contributed by atoms with Crippen LogP contribution in [-0.4, -0.2) is 38.1 Å². The van der Waals surface area contributed by atoms with Crippen molar-refractivity contribution < 1.29 is 8.42 Å².